The number of alkyl halides is 3. The van der Waals surface area contributed by atoms with Crippen LogP contribution in [0.15, 0.2) is 35.3 Å². The molecule has 2 saturated heterocycles. The number of hydrogen-bond acceptors (Lipinski definition) is 3. The summed E-state index contributed by atoms with van der Waals surface area (Å²) in [5.41, 5.74) is 1.32. The normalized spacial score (nSPS) is 21.9. The molecule has 0 bridgehead atoms. The highest BCUT2D eigenvalue weighted by Crippen LogP contribution is 2.22. The lowest BCUT2D eigenvalue weighted by Gasteiger charge is -2.36. The van der Waals surface area contributed by atoms with Gasteiger partial charge in [-0.15, -0.1) is 24.0 Å². The topological polar surface area (TPSA) is 34.1 Å². The molecule has 1 atom stereocenters. The Morgan fingerprint density at radius 2 is 1.76 bits per heavy atom. The lowest BCUT2D eigenvalue weighted by molar-refractivity contribution is -0.143. The molecule has 0 aromatic heterocycles. The summed E-state index contributed by atoms with van der Waals surface area (Å²) in [6, 6.07) is 10.5. The molecule has 164 valence electrons. The number of guanidine groups is 1. The van der Waals surface area contributed by atoms with Crippen LogP contribution in [0.3, 0.4) is 0 Å². The van der Waals surface area contributed by atoms with Gasteiger partial charge in [0.2, 0.25) is 0 Å². The molecule has 0 saturated carbocycles. The molecule has 1 aromatic carbocycles. The third-order valence-electron chi connectivity index (χ3n) is 5.45. The minimum atomic E-state index is -4.11. The molecule has 0 amide bonds. The van der Waals surface area contributed by atoms with Crippen molar-refractivity contribution in [1.82, 2.24) is 20.0 Å². The molecule has 1 unspecified atom stereocenters. The highest BCUT2D eigenvalue weighted by Gasteiger charge is 2.34. The summed E-state index contributed by atoms with van der Waals surface area (Å²) in [6.07, 6.45) is -3.32. The van der Waals surface area contributed by atoms with Crippen LogP contribution in [0.4, 0.5) is 13.2 Å². The van der Waals surface area contributed by atoms with Gasteiger partial charge in [-0.2, -0.15) is 13.2 Å². The quantitative estimate of drug-likeness (QED) is 0.365. The number of piperazine rings is 1. The molecule has 2 aliphatic heterocycles. The highest BCUT2D eigenvalue weighted by molar-refractivity contribution is 14.0. The Labute approximate surface area is 188 Å². The number of hydrogen-bond donors (Lipinski definition) is 1. The third-order valence-corrected chi connectivity index (χ3v) is 5.45. The van der Waals surface area contributed by atoms with Gasteiger partial charge in [-0.05, 0) is 24.4 Å². The van der Waals surface area contributed by atoms with E-state index in [9.17, 15) is 13.2 Å². The van der Waals surface area contributed by atoms with Crippen molar-refractivity contribution < 1.29 is 13.2 Å². The van der Waals surface area contributed by atoms with Crippen molar-refractivity contribution in [2.24, 2.45) is 10.9 Å². The Hall–Kier alpha value is -1.07. The number of likely N-dealkylation sites (tertiary alicyclic amines) is 1. The van der Waals surface area contributed by atoms with Gasteiger partial charge in [-0.1, -0.05) is 30.3 Å². The fraction of sp³-hybridized carbons (Fsp3) is 0.650. The van der Waals surface area contributed by atoms with Gasteiger partial charge in [0, 0.05) is 52.9 Å². The van der Waals surface area contributed by atoms with E-state index in [2.05, 4.69) is 44.4 Å². The van der Waals surface area contributed by atoms with Crippen LogP contribution in [-0.4, -0.2) is 86.2 Å². The molecule has 9 heteroatoms. The van der Waals surface area contributed by atoms with Crippen LogP contribution >= 0.6 is 24.0 Å². The maximum absolute atomic E-state index is 12.5. The second-order valence-corrected chi connectivity index (χ2v) is 7.68. The maximum Gasteiger partial charge on any atom is 0.401 e. The molecule has 2 aliphatic rings. The molecule has 0 radical (unpaired) electrons. The van der Waals surface area contributed by atoms with Crippen molar-refractivity contribution in [1.29, 1.82) is 0 Å². The smallest absolute Gasteiger partial charge is 0.356 e. The average Bonchev–Trinajstić information content (AvgIpc) is 3.10. The van der Waals surface area contributed by atoms with E-state index >= 15 is 0 Å². The van der Waals surface area contributed by atoms with E-state index in [1.54, 1.807) is 7.05 Å². The lowest BCUT2D eigenvalue weighted by Crippen LogP contribution is -2.52. The molecule has 3 rings (SSSR count). The molecular formula is C20H31F3IN5. The average molecular weight is 525 g/mol. The van der Waals surface area contributed by atoms with Gasteiger partial charge in [-0.25, -0.2) is 0 Å². The minimum absolute atomic E-state index is 0. The van der Waals surface area contributed by atoms with Crippen LogP contribution < -0.4 is 5.32 Å². The second kappa shape index (κ2) is 11.4. The van der Waals surface area contributed by atoms with E-state index in [-0.39, 0.29) is 29.9 Å². The molecule has 2 heterocycles. The largest absolute Gasteiger partial charge is 0.401 e. The molecule has 0 spiro atoms. The number of nitrogens with one attached hydrogen (secondary N) is 1. The van der Waals surface area contributed by atoms with Gasteiger partial charge < -0.3 is 10.2 Å². The zero-order chi connectivity index (χ0) is 20.0. The summed E-state index contributed by atoms with van der Waals surface area (Å²) in [5.74, 6) is 1.09. The molecule has 29 heavy (non-hydrogen) atoms. The summed E-state index contributed by atoms with van der Waals surface area (Å²) < 4.78 is 37.6. The standard InChI is InChI=1S/C20H30F3N5.HI/c1-24-19(25-13-18-7-8-27(15-18)16-20(21,22)23)28-11-9-26(10-12-28)14-17-5-3-2-4-6-17;/h2-6,18H,7-16H2,1H3,(H,24,25);1H. The van der Waals surface area contributed by atoms with Crippen LogP contribution in [0.2, 0.25) is 0 Å². The molecular weight excluding hydrogens is 494 g/mol. The molecule has 0 aliphatic carbocycles. The predicted molar refractivity (Wildman–Crippen MR) is 121 cm³/mol. The Morgan fingerprint density at radius 3 is 2.38 bits per heavy atom. The van der Waals surface area contributed by atoms with E-state index in [0.29, 0.717) is 19.6 Å². The van der Waals surface area contributed by atoms with E-state index in [4.69, 9.17) is 0 Å². The van der Waals surface area contributed by atoms with Crippen LogP contribution in [0, 0.1) is 5.92 Å². The Kier molecular flexibility index (Phi) is 9.48. The van der Waals surface area contributed by atoms with Gasteiger partial charge in [-0.3, -0.25) is 14.8 Å². The number of nitrogens with zero attached hydrogens (tertiary/aromatic N) is 4. The maximum atomic E-state index is 12.5. The van der Waals surface area contributed by atoms with Crippen LogP contribution in [0.25, 0.3) is 0 Å². The molecule has 2 fully saturated rings. The summed E-state index contributed by atoms with van der Waals surface area (Å²) in [6.45, 7) is 5.58. The fourth-order valence-corrected chi connectivity index (χ4v) is 4.00. The molecule has 5 nitrogen and oxygen atoms in total. The summed E-state index contributed by atoms with van der Waals surface area (Å²) in [7, 11) is 1.77. The fourth-order valence-electron chi connectivity index (χ4n) is 4.00. The Morgan fingerprint density at radius 1 is 1.07 bits per heavy atom. The van der Waals surface area contributed by atoms with Crippen molar-refractivity contribution in [3.63, 3.8) is 0 Å². The van der Waals surface area contributed by atoms with Crippen molar-refractivity contribution in [2.45, 2.75) is 19.1 Å². The molecule has 1 aromatic rings. The summed E-state index contributed by atoms with van der Waals surface area (Å²) in [4.78, 5) is 10.6. The van der Waals surface area contributed by atoms with E-state index in [0.717, 1.165) is 45.1 Å². The number of halogens is 4. The van der Waals surface area contributed by atoms with E-state index in [1.165, 1.54) is 10.5 Å². The first-order chi connectivity index (χ1) is 13.4. The van der Waals surface area contributed by atoms with E-state index in [1.807, 2.05) is 6.07 Å². The van der Waals surface area contributed by atoms with Crippen molar-refractivity contribution >= 4 is 29.9 Å². The third kappa shape index (κ3) is 7.93. The number of aliphatic imine (C=N–C) groups is 1. The molecule has 1 N–H and O–H groups in total. The Balaban J connectivity index is 0.00000300. The van der Waals surface area contributed by atoms with Gasteiger partial charge in [0.05, 0.1) is 6.54 Å². The number of rotatable bonds is 5. The minimum Gasteiger partial charge on any atom is -0.356 e. The first-order valence-electron chi connectivity index (χ1n) is 9.94. The van der Waals surface area contributed by atoms with Crippen LogP contribution in [-0.2, 0) is 6.54 Å². The highest BCUT2D eigenvalue weighted by atomic mass is 127. The van der Waals surface area contributed by atoms with Crippen molar-refractivity contribution in [3.8, 4) is 0 Å². The zero-order valence-corrected chi connectivity index (χ0v) is 19.2. The summed E-state index contributed by atoms with van der Waals surface area (Å²) in [5, 5.41) is 3.38. The summed E-state index contributed by atoms with van der Waals surface area (Å²) >= 11 is 0. The van der Waals surface area contributed by atoms with Gasteiger partial charge in [0.25, 0.3) is 0 Å². The number of benzene rings is 1. The van der Waals surface area contributed by atoms with Gasteiger partial charge >= 0.3 is 6.18 Å². The Bertz CT molecular complexity index is 633. The first-order valence-corrected chi connectivity index (χ1v) is 9.94. The van der Waals surface area contributed by atoms with Crippen molar-refractivity contribution in [2.75, 3.05) is 59.4 Å². The predicted octanol–water partition coefficient (Wildman–Crippen LogP) is 2.88. The van der Waals surface area contributed by atoms with Crippen LogP contribution in [0.1, 0.15) is 12.0 Å². The van der Waals surface area contributed by atoms with Crippen molar-refractivity contribution in [3.05, 3.63) is 35.9 Å². The van der Waals surface area contributed by atoms with Gasteiger partial charge in [0.15, 0.2) is 5.96 Å². The van der Waals surface area contributed by atoms with E-state index < -0.39 is 12.7 Å². The first kappa shape index (κ1) is 24.2. The van der Waals surface area contributed by atoms with Gasteiger partial charge in [0.1, 0.15) is 0 Å². The lowest BCUT2D eigenvalue weighted by atomic mass is 10.1. The monoisotopic (exact) mass is 525 g/mol. The SMILES string of the molecule is CN=C(NCC1CCN(CC(F)(F)F)C1)N1CCN(Cc2ccccc2)CC1.I. The zero-order valence-electron chi connectivity index (χ0n) is 16.9. The second-order valence-electron chi connectivity index (χ2n) is 7.68. The van der Waals surface area contributed by atoms with Crippen LogP contribution in [0.5, 0.6) is 0 Å².